The van der Waals surface area contributed by atoms with Gasteiger partial charge in [0.2, 0.25) is 0 Å². The standard InChI is InChI=1S/C17H22FNO/c1-19(2)10-16-12-4-3-11(7-12)8-14(16)15-9-13(20)5-6-17(15)18/h5-6,8-9,11-12,16,20H,3-4,7,10H2,1-2H3/t11-,12+,16-/m0/s1. The van der Waals surface area contributed by atoms with Crippen LogP contribution >= 0.6 is 0 Å². The van der Waals surface area contributed by atoms with Gasteiger partial charge in [0.15, 0.2) is 0 Å². The average Bonchev–Trinajstić information content (AvgIpc) is 2.79. The number of nitrogens with zero attached hydrogens (tertiary/aromatic N) is 1. The molecule has 1 N–H and O–H groups in total. The van der Waals surface area contributed by atoms with Crippen LogP contribution in [0.3, 0.4) is 0 Å². The maximum atomic E-state index is 14.2. The number of hydrogen-bond donors (Lipinski definition) is 1. The Bertz CT molecular complexity index is 538. The SMILES string of the molecule is CN(C)C[C@@H]1C(c2cc(O)ccc2F)=C[C@H]2CC[C@@H]1C2. The lowest BCUT2D eigenvalue weighted by Crippen LogP contribution is -2.29. The van der Waals surface area contributed by atoms with Gasteiger partial charge in [-0.25, -0.2) is 4.39 Å². The normalized spacial score (nSPS) is 28.8. The molecule has 3 atom stereocenters. The number of phenols is 1. The zero-order valence-electron chi connectivity index (χ0n) is 12.1. The summed E-state index contributed by atoms with van der Waals surface area (Å²) in [5.41, 5.74) is 1.69. The molecule has 2 aliphatic rings. The summed E-state index contributed by atoms with van der Waals surface area (Å²) in [6.07, 6.45) is 5.96. The number of rotatable bonds is 3. The molecule has 0 aliphatic heterocycles. The van der Waals surface area contributed by atoms with Crippen LogP contribution in [0.1, 0.15) is 24.8 Å². The van der Waals surface area contributed by atoms with Gasteiger partial charge in [-0.1, -0.05) is 6.08 Å². The summed E-state index contributed by atoms with van der Waals surface area (Å²) in [4.78, 5) is 2.18. The summed E-state index contributed by atoms with van der Waals surface area (Å²) in [5.74, 6) is 1.54. The predicted octanol–water partition coefficient (Wildman–Crippen LogP) is 3.52. The molecular formula is C17H22FNO. The summed E-state index contributed by atoms with van der Waals surface area (Å²) < 4.78 is 14.2. The van der Waals surface area contributed by atoms with Crippen molar-refractivity contribution in [2.24, 2.45) is 17.8 Å². The van der Waals surface area contributed by atoms with E-state index in [1.165, 1.54) is 31.4 Å². The molecule has 1 fully saturated rings. The van der Waals surface area contributed by atoms with E-state index in [0.717, 1.165) is 12.1 Å². The molecule has 20 heavy (non-hydrogen) atoms. The number of benzene rings is 1. The molecule has 3 rings (SSSR count). The predicted molar refractivity (Wildman–Crippen MR) is 78.9 cm³/mol. The summed E-state index contributed by atoms with van der Waals surface area (Å²) >= 11 is 0. The zero-order valence-corrected chi connectivity index (χ0v) is 12.1. The van der Waals surface area contributed by atoms with Crippen LogP contribution in [-0.2, 0) is 0 Å². The van der Waals surface area contributed by atoms with E-state index in [0.29, 0.717) is 23.3 Å². The topological polar surface area (TPSA) is 23.5 Å². The van der Waals surface area contributed by atoms with Crippen LogP contribution in [0.2, 0.25) is 0 Å². The molecule has 0 heterocycles. The zero-order chi connectivity index (χ0) is 14.3. The van der Waals surface area contributed by atoms with Gasteiger partial charge < -0.3 is 10.0 Å². The minimum Gasteiger partial charge on any atom is -0.508 e. The van der Waals surface area contributed by atoms with Crippen molar-refractivity contribution < 1.29 is 9.50 Å². The second-order valence-corrected chi connectivity index (χ2v) is 6.49. The Morgan fingerprint density at radius 2 is 2.10 bits per heavy atom. The average molecular weight is 275 g/mol. The maximum Gasteiger partial charge on any atom is 0.130 e. The first-order valence-electron chi connectivity index (χ1n) is 7.40. The molecule has 0 amide bonds. The molecule has 3 heteroatoms. The maximum absolute atomic E-state index is 14.2. The van der Waals surface area contributed by atoms with Crippen molar-refractivity contribution in [3.8, 4) is 5.75 Å². The van der Waals surface area contributed by atoms with Crippen LogP contribution in [0, 0.1) is 23.6 Å². The van der Waals surface area contributed by atoms with Gasteiger partial charge in [-0.15, -0.1) is 0 Å². The fraction of sp³-hybridized carbons (Fsp3) is 0.529. The summed E-state index contributed by atoms with van der Waals surface area (Å²) in [5, 5.41) is 9.68. The highest BCUT2D eigenvalue weighted by molar-refractivity contribution is 5.70. The molecule has 0 saturated heterocycles. The number of halogens is 1. The summed E-state index contributed by atoms with van der Waals surface area (Å²) in [7, 11) is 4.13. The Balaban J connectivity index is 2.02. The Hall–Kier alpha value is -1.35. The molecule has 1 saturated carbocycles. The molecule has 1 aromatic rings. The number of fused-ring (bicyclic) bond motifs is 2. The third kappa shape index (κ3) is 2.47. The van der Waals surface area contributed by atoms with Gasteiger partial charge in [0.05, 0.1) is 0 Å². The van der Waals surface area contributed by atoms with Crippen molar-refractivity contribution in [2.45, 2.75) is 19.3 Å². The number of phenolic OH excluding ortho intramolecular Hbond substituents is 1. The molecule has 2 nitrogen and oxygen atoms in total. The Kier molecular flexibility index (Phi) is 3.55. The van der Waals surface area contributed by atoms with E-state index in [4.69, 9.17) is 0 Å². The van der Waals surface area contributed by atoms with Crippen LogP contribution in [0.15, 0.2) is 24.3 Å². The van der Waals surface area contributed by atoms with Gasteiger partial charge in [0, 0.05) is 12.1 Å². The van der Waals surface area contributed by atoms with Gasteiger partial charge in [0.1, 0.15) is 11.6 Å². The molecule has 2 bridgehead atoms. The molecular weight excluding hydrogens is 253 g/mol. The fourth-order valence-electron chi connectivity index (χ4n) is 3.87. The molecule has 2 aliphatic carbocycles. The van der Waals surface area contributed by atoms with Gasteiger partial charge in [-0.3, -0.25) is 0 Å². The Morgan fingerprint density at radius 3 is 2.85 bits per heavy atom. The van der Waals surface area contributed by atoms with Crippen molar-refractivity contribution in [3.05, 3.63) is 35.7 Å². The Morgan fingerprint density at radius 1 is 1.30 bits per heavy atom. The highest BCUT2D eigenvalue weighted by atomic mass is 19.1. The van der Waals surface area contributed by atoms with Gasteiger partial charge >= 0.3 is 0 Å². The molecule has 108 valence electrons. The monoisotopic (exact) mass is 275 g/mol. The van der Waals surface area contributed by atoms with Crippen LogP contribution < -0.4 is 0 Å². The smallest absolute Gasteiger partial charge is 0.130 e. The molecule has 0 aromatic heterocycles. The van der Waals surface area contributed by atoms with Crippen molar-refractivity contribution >= 4 is 5.57 Å². The van der Waals surface area contributed by atoms with Crippen molar-refractivity contribution in [3.63, 3.8) is 0 Å². The minimum atomic E-state index is -0.223. The minimum absolute atomic E-state index is 0.142. The van der Waals surface area contributed by atoms with E-state index >= 15 is 0 Å². The molecule has 0 unspecified atom stereocenters. The van der Waals surface area contributed by atoms with E-state index in [1.807, 2.05) is 0 Å². The van der Waals surface area contributed by atoms with E-state index in [1.54, 1.807) is 6.07 Å². The molecule has 1 aromatic carbocycles. The quantitative estimate of drug-likeness (QED) is 0.912. The van der Waals surface area contributed by atoms with Crippen molar-refractivity contribution in [1.82, 2.24) is 4.90 Å². The number of aromatic hydroxyl groups is 1. The van der Waals surface area contributed by atoms with Gasteiger partial charge in [0.25, 0.3) is 0 Å². The third-order valence-electron chi connectivity index (χ3n) is 4.72. The first-order chi connectivity index (χ1) is 9.54. The first-order valence-corrected chi connectivity index (χ1v) is 7.40. The van der Waals surface area contributed by atoms with E-state index < -0.39 is 0 Å². The lowest BCUT2D eigenvalue weighted by atomic mass is 9.76. The fourth-order valence-corrected chi connectivity index (χ4v) is 3.87. The largest absolute Gasteiger partial charge is 0.508 e. The van der Waals surface area contributed by atoms with E-state index in [2.05, 4.69) is 25.1 Å². The third-order valence-corrected chi connectivity index (χ3v) is 4.72. The first kappa shape index (κ1) is 13.6. The van der Waals surface area contributed by atoms with Crippen LogP contribution in [0.25, 0.3) is 5.57 Å². The summed E-state index contributed by atoms with van der Waals surface area (Å²) in [6.45, 7) is 0.943. The molecule has 0 spiro atoms. The lowest BCUT2D eigenvalue weighted by molar-refractivity contribution is 0.289. The van der Waals surface area contributed by atoms with Crippen molar-refractivity contribution in [1.29, 1.82) is 0 Å². The van der Waals surface area contributed by atoms with Crippen LogP contribution in [-0.4, -0.2) is 30.6 Å². The van der Waals surface area contributed by atoms with Gasteiger partial charge in [-0.2, -0.15) is 0 Å². The number of allylic oxidation sites excluding steroid dienone is 1. The van der Waals surface area contributed by atoms with E-state index in [9.17, 15) is 9.50 Å². The second kappa shape index (κ2) is 5.21. The second-order valence-electron chi connectivity index (χ2n) is 6.49. The van der Waals surface area contributed by atoms with Crippen molar-refractivity contribution in [2.75, 3.05) is 20.6 Å². The Labute approximate surface area is 119 Å². The summed E-state index contributed by atoms with van der Waals surface area (Å²) in [6, 6.07) is 4.36. The molecule has 0 radical (unpaired) electrons. The van der Waals surface area contributed by atoms with Gasteiger partial charge in [-0.05, 0) is 74.9 Å². The lowest BCUT2D eigenvalue weighted by Gasteiger charge is -2.32. The highest BCUT2D eigenvalue weighted by Gasteiger charge is 2.37. The number of hydrogen-bond acceptors (Lipinski definition) is 2. The van der Waals surface area contributed by atoms with Crippen LogP contribution in [0.4, 0.5) is 4.39 Å². The van der Waals surface area contributed by atoms with Crippen LogP contribution in [0.5, 0.6) is 5.75 Å². The van der Waals surface area contributed by atoms with E-state index in [-0.39, 0.29) is 11.6 Å². The highest BCUT2D eigenvalue weighted by Crippen LogP contribution is 2.48.